The molecule has 0 radical (unpaired) electrons. The summed E-state index contributed by atoms with van der Waals surface area (Å²) in [6.07, 6.45) is 0.905. The third-order valence-electron chi connectivity index (χ3n) is 5.34. The lowest BCUT2D eigenvalue weighted by atomic mass is 10.1. The second-order valence-electron chi connectivity index (χ2n) is 8.86. The van der Waals surface area contributed by atoms with Crippen molar-refractivity contribution in [3.05, 3.63) is 65.3 Å². The highest BCUT2D eigenvalue weighted by Gasteiger charge is 2.22. The van der Waals surface area contributed by atoms with E-state index in [2.05, 4.69) is 20.6 Å². The number of nitrogens with zero attached hydrogens (tertiary/aromatic N) is 4. The molecule has 1 heterocycles. The number of halogens is 1. The Morgan fingerprint density at radius 2 is 1.69 bits per heavy atom. The van der Waals surface area contributed by atoms with Gasteiger partial charge in [0.1, 0.15) is 17.7 Å². The first-order valence-electron chi connectivity index (χ1n) is 11.6. The predicted octanol–water partition coefficient (Wildman–Crippen LogP) is 3.21. The van der Waals surface area contributed by atoms with Crippen molar-refractivity contribution in [3.63, 3.8) is 0 Å². The Bertz CT molecular complexity index is 1420. The van der Waals surface area contributed by atoms with Gasteiger partial charge in [0.15, 0.2) is 15.7 Å². The Morgan fingerprint density at radius 1 is 1.05 bits per heavy atom. The molecule has 2 aromatic carbocycles. The van der Waals surface area contributed by atoms with Gasteiger partial charge in [-0.2, -0.15) is 4.98 Å². The lowest BCUT2D eigenvalue weighted by molar-refractivity contribution is -0.137. The van der Waals surface area contributed by atoms with Gasteiger partial charge in [-0.1, -0.05) is 23.7 Å². The van der Waals surface area contributed by atoms with E-state index in [1.165, 1.54) is 35.4 Å². The maximum Gasteiger partial charge on any atom is 0.414 e. The highest BCUT2D eigenvalue weighted by molar-refractivity contribution is 7.91. The van der Waals surface area contributed by atoms with Gasteiger partial charge in [-0.3, -0.25) is 0 Å². The molecule has 1 unspecified atom stereocenters. The number of carbonyl (C=O) groups excluding carboxylic acids is 1. The molecule has 12 nitrogen and oxygen atoms in total. The Balaban J connectivity index is 1.81. The molecule has 3 N–H and O–H groups in total. The number of nitrogens with one attached hydrogen (secondary N) is 2. The van der Waals surface area contributed by atoms with Crippen LogP contribution in [0, 0.1) is 0 Å². The maximum absolute atomic E-state index is 12.8. The van der Waals surface area contributed by atoms with Crippen LogP contribution in [0.15, 0.2) is 59.6 Å². The van der Waals surface area contributed by atoms with Crippen molar-refractivity contribution in [1.29, 1.82) is 0 Å². The minimum atomic E-state index is -3.75. The fourth-order valence-corrected chi connectivity index (χ4v) is 4.40. The number of aliphatic carboxylic acids is 1. The number of hydrogen-bond acceptors (Lipinski definition) is 10. The zero-order chi connectivity index (χ0) is 28.7. The van der Waals surface area contributed by atoms with Crippen LogP contribution in [-0.2, 0) is 21.1 Å². The SMILES string of the molecule is CN(C)C(=O)Oc1ccc(CC(Nc2nc(N(C)C)ncc2NCS(=O)(=O)c2ccc(Cl)cc2)C(=O)O)cc1. The van der Waals surface area contributed by atoms with E-state index in [1.807, 2.05) is 0 Å². The molecule has 0 spiro atoms. The fraction of sp³-hybridized carbons (Fsp3) is 0.280. The molecule has 3 rings (SSSR count). The van der Waals surface area contributed by atoms with Crippen molar-refractivity contribution in [2.45, 2.75) is 17.4 Å². The molecule has 3 aromatic rings. The van der Waals surface area contributed by atoms with Gasteiger partial charge in [0.05, 0.1) is 16.8 Å². The standard InChI is InChI=1S/C25H29ClN6O6S/c1-31(2)24-27-14-21(28-15-39(36,37)19-11-7-17(26)8-12-19)22(30-24)29-20(23(33)34)13-16-5-9-18(10-6-16)38-25(35)32(3)4/h5-12,14,20,28H,13,15H2,1-4H3,(H,33,34)(H,27,29,30). The molecule has 1 atom stereocenters. The van der Waals surface area contributed by atoms with E-state index < -0.39 is 33.8 Å². The molecule has 1 amide bonds. The molecule has 0 saturated carbocycles. The highest BCUT2D eigenvalue weighted by atomic mass is 35.5. The second kappa shape index (κ2) is 12.6. The van der Waals surface area contributed by atoms with E-state index in [0.717, 1.165) is 0 Å². The number of carboxylic acid groups (broad SMARTS) is 1. The van der Waals surface area contributed by atoms with E-state index in [-0.39, 0.29) is 22.8 Å². The van der Waals surface area contributed by atoms with Crippen LogP contribution in [0.2, 0.25) is 5.02 Å². The van der Waals surface area contributed by atoms with Crippen LogP contribution in [0.1, 0.15) is 5.56 Å². The van der Waals surface area contributed by atoms with Gasteiger partial charge >= 0.3 is 12.1 Å². The molecule has 0 saturated heterocycles. The summed E-state index contributed by atoms with van der Waals surface area (Å²) < 4.78 is 30.8. The monoisotopic (exact) mass is 576 g/mol. The molecule has 39 heavy (non-hydrogen) atoms. The van der Waals surface area contributed by atoms with Crippen molar-refractivity contribution in [2.24, 2.45) is 0 Å². The Morgan fingerprint density at radius 3 is 2.26 bits per heavy atom. The Labute approximate surface area is 231 Å². The molecule has 1 aromatic heterocycles. The van der Waals surface area contributed by atoms with Crippen molar-refractivity contribution >= 4 is 51.0 Å². The summed E-state index contributed by atoms with van der Waals surface area (Å²) in [7, 11) is 2.81. The van der Waals surface area contributed by atoms with Crippen LogP contribution in [-0.4, -0.2) is 80.6 Å². The number of benzene rings is 2. The molecule has 208 valence electrons. The van der Waals surface area contributed by atoms with Gasteiger partial charge in [0, 0.05) is 39.6 Å². The number of carbonyl (C=O) groups is 2. The third kappa shape index (κ3) is 8.19. The minimum absolute atomic E-state index is 0.0566. The fourth-order valence-electron chi connectivity index (χ4n) is 3.21. The van der Waals surface area contributed by atoms with Gasteiger partial charge in [0.2, 0.25) is 5.95 Å². The molecule has 0 bridgehead atoms. The van der Waals surface area contributed by atoms with Crippen LogP contribution in [0.4, 0.5) is 22.2 Å². The average molecular weight is 577 g/mol. The summed E-state index contributed by atoms with van der Waals surface area (Å²) in [5.41, 5.74) is 0.858. The van der Waals surface area contributed by atoms with Crippen LogP contribution in [0.25, 0.3) is 0 Å². The van der Waals surface area contributed by atoms with Crippen LogP contribution < -0.4 is 20.3 Å². The first-order valence-corrected chi connectivity index (χ1v) is 13.6. The van der Waals surface area contributed by atoms with E-state index in [4.69, 9.17) is 16.3 Å². The van der Waals surface area contributed by atoms with Crippen LogP contribution in [0.5, 0.6) is 5.75 Å². The van der Waals surface area contributed by atoms with Crippen molar-refractivity contribution in [2.75, 3.05) is 49.6 Å². The quantitative estimate of drug-likeness (QED) is 0.308. The maximum atomic E-state index is 12.8. The highest BCUT2D eigenvalue weighted by Crippen LogP contribution is 2.24. The second-order valence-corrected chi connectivity index (χ2v) is 11.3. The topological polar surface area (TPSA) is 154 Å². The summed E-state index contributed by atoms with van der Waals surface area (Å²) >= 11 is 5.86. The Kier molecular flexibility index (Phi) is 9.54. The number of aromatic nitrogens is 2. The van der Waals surface area contributed by atoms with E-state index in [1.54, 1.807) is 57.4 Å². The predicted molar refractivity (Wildman–Crippen MR) is 148 cm³/mol. The number of carboxylic acids is 1. The number of anilines is 3. The molecule has 0 aliphatic carbocycles. The summed E-state index contributed by atoms with van der Waals surface area (Å²) in [4.78, 5) is 35.5. The van der Waals surface area contributed by atoms with Crippen molar-refractivity contribution in [3.8, 4) is 5.75 Å². The van der Waals surface area contributed by atoms with Crippen molar-refractivity contribution in [1.82, 2.24) is 14.9 Å². The van der Waals surface area contributed by atoms with Crippen molar-refractivity contribution < 1.29 is 27.9 Å². The summed E-state index contributed by atoms with van der Waals surface area (Å²) in [5, 5.41) is 16.0. The largest absolute Gasteiger partial charge is 0.480 e. The zero-order valence-electron chi connectivity index (χ0n) is 21.8. The number of sulfone groups is 1. The molecular formula is C25H29ClN6O6S. The van der Waals surface area contributed by atoms with Gasteiger partial charge in [-0.25, -0.2) is 23.0 Å². The van der Waals surface area contributed by atoms with Crippen LogP contribution in [0.3, 0.4) is 0 Å². The van der Waals surface area contributed by atoms with Gasteiger partial charge in [0.25, 0.3) is 0 Å². The summed E-state index contributed by atoms with van der Waals surface area (Å²) in [5.74, 6) is -0.914. The van der Waals surface area contributed by atoms with Gasteiger partial charge in [-0.15, -0.1) is 0 Å². The van der Waals surface area contributed by atoms with E-state index in [9.17, 15) is 23.1 Å². The number of ether oxygens (including phenoxy) is 1. The zero-order valence-corrected chi connectivity index (χ0v) is 23.3. The lowest BCUT2D eigenvalue weighted by Crippen LogP contribution is -2.32. The number of amides is 1. The van der Waals surface area contributed by atoms with E-state index in [0.29, 0.717) is 22.3 Å². The first kappa shape index (κ1) is 29.5. The molecule has 0 aliphatic heterocycles. The lowest BCUT2D eigenvalue weighted by Gasteiger charge is -2.20. The normalized spacial score (nSPS) is 11.8. The number of rotatable bonds is 11. The smallest absolute Gasteiger partial charge is 0.414 e. The average Bonchev–Trinajstić information content (AvgIpc) is 2.88. The van der Waals surface area contributed by atoms with E-state index >= 15 is 0 Å². The summed E-state index contributed by atoms with van der Waals surface area (Å²) in [6, 6.07) is 11.1. The molecular weight excluding hydrogens is 548 g/mol. The third-order valence-corrected chi connectivity index (χ3v) is 7.11. The molecule has 0 aliphatic rings. The summed E-state index contributed by atoms with van der Waals surface area (Å²) in [6.45, 7) is 0. The minimum Gasteiger partial charge on any atom is -0.480 e. The van der Waals surface area contributed by atoms with Gasteiger partial charge in [-0.05, 0) is 42.0 Å². The number of hydrogen-bond donors (Lipinski definition) is 3. The molecule has 0 fully saturated rings. The van der Waals surface area contributed by atoms with Crippen LogP contribution >= 0.6 is 11.6 Å². The molecule has 14 heteroatoms. The Hall–Kier alpha value is -4.10. The first-order chi connectivity index (χ1) is 18.4. The van der Waals surface area contributed by atoms with Gasteiger partial charge < -0.3 is 30.3 Å².